The summed E-state index contributed by atoms with van der Waals surface area (Å²) in [6.07, 6.45) is 6.44. The van der Waals surface area contributed by atoms with Crippen LogP contribution in [0.25, 0.3) is 0 Å². The average molecular weight is 560 g/mol. The zero-order valence-corrected chi connectivity index (χ0v) is 24.5. The van der Waals surface area contributed by atoms with Crippen molar-refractivity contribution in [3.63, 3.8) is 0 Å². The van der Waals surface area contributed by atoms with Gasteiger partial charge in [0.15, 0.2) is 0 Å². The van der Waals surface area contributed by atoms with Crippen molar-refractivity contribution in [2.45, 2.75) is 76.2 Å². The Balaban J connectivity index is 1.39. The van der Waals surface area contributed by atoms with E-state index >= 15 is 0 Å². The minimum absolute atomic E-state index is 0.00399. The molecule has 5 rings (SSSR count). The number of amides is 3. The summed E-state index contributed by atoms with van der Waals surface area (Å²) in [6, 6.07) is 19.7. The van der Waals surface area contributed by atoms with E-state index < -0.39 is 12.1 Å². The Hall–Kier alpha value is -3.23. The second-order valence-electron chi connectivity index (χ2n) is 12.0. The highest BCUT2D eigenvalue weighted by molar-refractivity contribution is 5.94. The van der Waals surface area contributed by atoms with Crippen LogP contribution < -0.4 is 10.6 Å². The van der Waals surface area contributed by atoms with Crippen molar-refractivity contribution in [2.75, 3.05) is 33.2 Å². The molecule has 2 heterocycles. The molecule has 2 aromatic rings. The van der Waals surface area contributed by atoms with Crippen LogP contribution in [0.4, 0.5) is 0 Å². The lowest BCUT2D eigenvalue weighted by molar-refractivity contribution is -0.143. The maximum absolute atomic E-state index is 14.3. The highest BCUT2D eigenvalue weighted by Crippen LogP contribution is 2.32. The summed E-state index contributed by atoms with van der Waals surface area (Å²) >= 11 is 0. The summed E-state index contributed by atoms with van der Waals surface area (Å²) in [6.45, 7) is 4.13. The number of likely N-dealkylation sites (N-methyl/N-ethyl adjacent to an activating group) is 1. The van der Waals surface area contributed by atoms with Gasteiger partial charge < -0.3 is 20.4 Å². The second-order valence-corrected chi connectivity index (χ2v) is 12.0. The van der Waals surface area contributed by atoms with Gasteiger partial charge in [-0.05, 0) is 56.7 Å². The van der Waals surface area contributed by atoms with Crippen LogP contribution in [0.2, 0.25) is 0 Å². The van der Waals surface area contributed by atoms with Gasteiger partial charge in [-0.1, -0.05) is 79.9 Å². The van der Waals surface area contributed by atoms with Gasteiger partial charge in [0.2, 0.25) is 17.7 Å². The number of carbonyl (C=O) groups excluding carboxylic acids is 3. The molecule has 41 heavy (non-hydrogen) atoms. The Morgan fingerprint density at radius 3 is 2.24 bits per heavy atom. The molecule has 2 aromatic carbocycles. The Morgan fingerprint density at radius 2 is 1.59 bits per heavy atom. The summed E-state index contributed by atoms with van der Waals surface area (Å²) < 4.78 is 0. The lowest BCUT2D eigenvalue weighted by Crippen LogP contribution is -2.64. The van der Waals surface area contributed by atoms with Gasteiger partial charge >= 0.3 is 0 Å². The number of carbonyl (C=O) groups is 3. The zero-order chi connectivity index (χ0) is 28.8. The van der Waals surface area contributed by atoms with Crippen LogP contribution in [-0.2, 0) is 27.2 Å². The van der Waals surface area contributed by atoms with Gasteiger partial charge in [-0.25, -0.2) is 0 Å². The quantitative estimate of drug-likeness (QED) is 0.468. The van der Waals surface area contributed by atoms with E-state index in [-0.39, 0.29) is 42.4 Å². The predicted octanol–water partition coefficient (Wildman–Crippen LogP) is 2.83. The SMILES string of the molecule is CNC(C)C(=O)N[C@H](C(=O)N1CC(=O)N2[C@@H](Cc3ccccc3)CN(CCc3ccccc3)C[C@H]12)C1CCCCC1. The summed E-state index contributed by atoms with van der Waals surface area (Å²) in [5, 5.41) is 6.09. The van der Waals surface area contributed by atoms with Crippen molar-refractivity contribution in [1.29, 1.82) is 0 Å². The van der Waals surface area contributed by atoms with E-state index in [1.165, 1.54) is 11.1 Å². The lowest BCUT2D eigenvalue weighted by atomic mass is 9.83. The second kappa shape index (κ2) is 13.6. The Morgan fingerprint density at radius 1 is 0.927 bits per heavy atom. The molecule has 8 nitrogen and oxygen atoms in total. The highest BCUT2D eigenvalue weighted by atomic mass is 16.2. The number of fused-ring (bicyclic) bond motifs is 1. The molecule has 3 amide bonds. The van der Waals surface area contributed by atoms with Crippen LogP contribution in [0.3, 0.4) is 0 Å². The van der Waals surface area contributed by atoms with Crippen LogP contribution in [0, 0.1) is 5.92 Å². The summed E-state index contributed by atoms with van der Waals surface area (Å²) in [7, 11) is 1.75. The molecule has 1 aliphatic carbocycles. The number of benzene rings is 2. The third kappa shape index (κ3) is 6.99. The topological polar surface area (TPSA) is 85.0 Å². The molecule has 1 saturated carbocycles. The van der Waals surface area contributed by atoms with E-state index in [1.54, 1.807) is 18.9 Å². The number of hydrogen-bond acceptors (Lipinski definition) is 5. The third-order valence-electron chi connectivity index (χ3n) is 9.23. The molecule has 3 fully saturated rings. The average Bonchev–Trinajstić information content (AvgIpc) is 3.35. The molecule has 0 bridgehead atoms. The molecule has 3 aliphatic rings. The minimum Gasteiger partial charge on any atom is -0.343 e. The standard InChI is InChI=1S/C33H45N5O3/c1-24(34-2)32(40)35-31(27-16-10-5-11-17-27)33(41)37-23-30(39)38-28(20-26-14-8-4-9-15-26)21-36(22-29(37)38)19-18-25-12-6-3-7-13-25/h3-4,6-9,12-15,24,27-29,31,34H,5,10-11,16-23H2,1-2H3,(H,35,40)/t24?,28-,29+,31-/m0/s1. The zero-order valence-electron chi connectivity index (χ0n) is 24.5. The van der Waals surface area contributed by atoms with Gasteiger partial charge in [0, 0.05) is 19.6 Å². The molecule has 0 radical (unpaired) electrons. The van der Waals surface area contributed by atoms with Gasteiger partial charge in [0.25, 0.3) is 0 Å². The monoisotopic (exact) mass is 559 g/mol. The van der Waals surface area contributed by atoms with Gasteiger partial charge in [-0.2, -0.15) is 0 Å². The first kappa shape index (κ1) is 29.3. The number of nitrogens with zero attached hydrogens (tertiary/aromatic N) is 3. The Bertz CT molecular complexity index is 1170. The van der Waals surface area contributed by atoms with Crippen molar-refractivity contribution in [2.24, 2.45) is 5.92 Å². The van der Waals surface area contributed by atoms with Gasteiger partial charge in [-0.3, -0.25) is 19.3 Å². The molecule has 0 aromatic heterocycles. The molecular weight excluding hydrogens is 514 g/mol. The molecule has 2 N–H and O–H groups in total. The molecule has 4 atom stereocenters. The summed E-state index contributed by atoms with van der Waals surface area (Å²) in [5.74, 6) is -0.192. The summed E-state index contributed by atoms with van der Waals surface area (Å²) in [5.41, 5.74) is 2.47. The first-order chi connectivity index (χ1) is 19.9. The molecule has 0 spiro atoms. The summed E-state index contributed by atoms with van der Waals surface area (Å²) in [4.78, 5) is 47.1. The maximum Gasteiger partial charge on any atom is 0.247 e. The third-order valence-corrected chi connectivity index (χ3v) is 9.23. The number of rotatable bonds is 10. The van der Waals surface area contributed by atoms with Crippen molar-refractivity contribution in [3.8, 4) is 0 Å². The maximum atomic E-state index is 14.3. The molecule has 1 unspecified atom stereocenters. The molecule has 220 valence electrons. The number of piperazine rings is 1. The van der Waals surface area contributed by atoms with E-state index in [2.05, 4.69) is 51.9 Å². The van der Waals surface area contributed by atoms with Crippen LogP contribution in [0.1, 0.15) is 50.2 Å². The van der Waals surface area contributed by atoms with Crippen molar-refractivity contribution in [1.82, 2.24) is 25.3 Å². The minimum atomic E-state index is -0.612. The van der Waals surface area contributed by atoms with E-state index in [9.17, 15) is 14.4 Å². The van der Waals surface area contributed by atoms with Crippen molar-refractivity contribution < 1.29 is 14.4 Å². The first-order valence-electron chi connectivity index (χ1n) is 15.3. The predicted molar refractivity (Wildman–Crippen MR) is 160 cm³/mol. The van der Waals surface area contributed by atoms with Gasteiger partial charge in [0.05, 0.1) is 12.1 Å². The lowest BCUT2D eigenvalue weighted by Gasteiger charge is -2.46. The Kier molecular flexibility index (Phi) is 9.72. The fourth-order valence-corrected chi connectivity index (χ4v) is 6.80. The van der Waals surface area contributed by atoms with Crippen molar-refractivity contribution >= 4 is 17.7 Å². The van der Waals surface area contributed by atoms with Crippen molar-refractivity contribution in [3.05, 3.63) is 71.8 Å². The Labute approximate surface area is 244 Å². The van der Waals surface area contributed by atoms with E-state index in [4.69, 9.17) is 0 Å². The number of hydrogen-bond donors (Lipinski definition) is 2. The van der Waals surface area contributed by atoms with E-state index in [0.29, 0.717) is 6.54 Å². The normalized spacial score (nSPS) is 23.2. The fourth-order valence-electron chi connectivity index (χ4n) is 6.80. The molecular formula is C33H45N5O3. The molecule has 2 saturated heterocycles. The largest absolute Gasteiger partial charge is 0.343 e. The van der Waals surface area contributed by atoms with E-state index in [0.717, 1.165) is 58.0 Å². The van der Waals surface area contributed by atoms with Crippen LogP contribution in [-0.4, -0.2) is 89.9 Å². The smallest absolute Gasteiger partial charge is 0.247 e. The first-order valence-corrected chi connectivity index (χ1v) is 15.3. The van der Waals surface area contributed by atoms with Gasteiger partial charge in [0.1, 0.15) is 18.8 Å². The van der Waals surface area contributed by atoms with Crippen LogP contribution in [0.15, 0.2) is 60.7 Å². The molecule has 8 heteroatoms. The molecule has 2 aliphatic heterocycles. The highest BCUT2D eigenvalue weighted by Gasteiger charge is 2.49. The van der Waals surface area contributed by atoms with Crippen LogP contribution >= 0.6 is 0 Å². The van der Waals surface area contributed by atoms with E-state index in [1.807, 2.05) is 29.2 Å². The van der Waals surface area contributed by atoms with Crippen LogP contribution in [0.5, 0.6) is 0 Å². The fraction of sp³-hybridized carbons (Fsp3) is 0.545. The van der Waals surface area contributed by atoms with Gasteiger partial charge in [-0.15, -0.1) is 0 Å². The number of nitrogens with one attached hydrogen (secondary N) is 2.